The van der Waals surface area contributed by atoms with E-state index in [2.05, 4.69) is 26.6 Å². The summed E-state index contributed by atoms with van der Waals surface area (Å²) in [5, 5.41) is 28.3. The fourth-order valence-electron chi connectivity index (χ4n) is 10.6. The molecule has 7 aromatic rings. The number of aliphatic hydroxyl groups excluding tert-OH is 1. The number of benzene rings is 3. The van der Waals surface area contributed by atoms with Gasteiger partial charge in [-0.2, -0.15) is 0 Å². The number of carbonyl (C=O) groups is 7. The van der Waals surface area contributed by atoms with Gasteiger partial charge in [-0.3, -0.25) is 34.1 Å². The number of hydrogen-bond acceptors (Lipinski definition) is 28. The maximum absolute atomic E-state index is 13.4. The Hall–Kier alpha value is -9.55. The van der Waals surface area contributed by atoms with Crippen molar-refractivity contribution >= 4 is 85.3 Å². The van der Waals surface area contributed by atoms with E-state index in [4.69, 9.17) is 79.3 Å². The topological polar surface area (TPSA) is 410 Å². The maximum Gasteiger partial charge on any atom is 0.336 e. The normalized spacial score (nSPS) is 12.5. The first-order chi connectivity index (χ1) is 52.8. The molecule has 1 atom stereocenters. The van der Waals surface area contributed by atoms with Gasteiger partial charge in [-0.1, -0.05) is 6.42 Å². The van der Waals surface area contributed by atoms with E-state index in [9.17, 15) is 48.3 Å². The van der Waals surface area contributed by atoms with Crippen LogP contribution >= 0.6 is 0 Å². The third-order valence-corrected chi connectivity index (χ3v) is 16.1. The van der Waals surface area contributed by atoms with Crippen LogP contribution in [0.5, 0.6) is 23.0 Å². The van der Waals surface area contributed by atoms with Crippen LogP contribution in [-0.2, 0) is 71.5 Å². The Morgan fingerprint density at radius 1 is 0.398 bits per heavy atom. The third kappa shape index (κ3) is 31.0. The molecule has 8 rings (SSSR count). The number of imide groups is 1. The van der Waals surface area contributed by atoms with Crippen LogP contribution in [0.4, 0.5) is 0 Å². The molecule has 0 spiro atoms. The minimum Gasteiger partial charge on any atom is -0.493 e. The summed E-state index contributed by atoms with van der Waals surface area (Å²) in [5.74, 6) is -1.34. The van der Waals surface area contributed by atoms with Gasteiger partial charge in [0.1, 0.15) is 17.7 Å². The molecule has 6 N–H and O–H groups in total. The number of aliphatic hydroxyl groups is 1. The van der Waals surface area contributed by atoms with Gasteiger partial charge in [-0.15, -0.1) is 5.06 Å². The second-order valence-electron chi connectivity index (χ2n) is 24.5. The van der Waals surface area contributed by atoms with Crippen molar-refractivity contribution in [3.63, 3.8) is 0 Å². The number of unbranched alkanes of at least 4 members (excludes halogenated alkanes) is 2. The van der Waals surface area contributed by atoms with Crippen LogP contribution in [0.3, 0.4) is 0 Å². The predicted octanol–water partition coefficient (Wildman–Crippen LogP) is 5.72. The highest BCUT2D eigenvalue weighted by atomic mass is 16.7. The van der Waals surface area contributed by atoms with Crippen molar-refractivity contribution in [3.8, 4) is 23.0 Å². The molecule has 1 unspecified atom stereocenters. The summed E-state index contributed by atoms with van der Waals surface area (Å²) >= 11 is 0. The van der Waals surface area contributed by atoms with Gasteiger partial charge in [0, 0.05) is 117 Å². The fourth-order valence-corrected chi connectivity index (χ4v) is 10.6. The van der Waals surface area contributed by atoms with Gasteiger partial charge in [0.05, 0.1) is 145 Å². The SMILES string of the molecule is O=C(CCCOc1c2occc2cc2ccc(=O)oc12)NCCOCCOCCOCCOCCC(=O)NCCCOc1cc(OCCCNC(=O)CCOCCOCCOCCOCCNC(O)CCCOc2c3occc3cc3ccc(=O)oc23)cc(C(=O)NCCCCCC(=O)ON2C(=O)CCC2=O)c1. The van der Waals surface area contributed by atoms with Crippen molar-refractivity contribution in [1.82, 2.24) is 31.6 Å². The second-order valence-corrected chi connectivity index (χ2v) is 24.5. The van der Waals surface area contributed by atoms with Crippen molar-refractivity contribution in [1.29, 1.82) is 0 Å². The number of furan rings is 2. The Balaban J connectivity index is 0.592. The van der Waals surface area contributed by atoms with Crippen LogP contribution in [0, 0.1) is 0 Å². The van der Waals surface area contributed by atoms with Crippen LogP contribution in [0.25, 0.3) is 43.9 Å². The van der Waals surface area contributed by atoms with Gasteiger partial charge in [-0.25, -0.2) is 14.4 Å². The average molecular weight is 1520 g/mol. The predicted molar refractivity (Wildman–Crippen MR) is 387 cm³/mol. The van der Waals surface area contributed by atoms with E-state index in [1.807, 2.05) is 12.1 Å². The molecule has 1 saturated heterocycles. The first-order valence-electron chi connectivity index (χ1n) is 36.5. The van der Waals surface area contributed by atoms with E-state index in [1.54, 1.807) is 48.7 Å². The standard InChI is InChI=1S/C75H98N6O27/c82-60(8-4-26-102-73-69-55(17-32-104-69)48-53-11-15-66(88)106-71(53)73)78-24-34-94-38-42-98-46-44-96-40-36-92-30-19-62(84)76-22-6-28-100-58-50-57(75(91)80-21-3-1-2-10-68(90)108-81-64(86)13-14-65(81)87)51-59(52-58)101-29-7-23-77-63(85)20-31-93-37-41-97-45-47-99-43-39-95-35-25-79-61(83)9-5-27-103-74-70-56(18-33-105-70)49-54-12-16-67(89)107-72(54)74/h11-12,15-18,32-33,48-52,60,78,82H,1-10,13-14,19-31,34-47H2,(H,76,84)(H,77,85)(H,79,83)(H,80,91). The van der Waals surface area contributed by atoms with Crippen molar-refractivity contribution in [3.05, 3.63) is 106 Å². The molecule has 0 aliphatic carbocycles. The maximum atomic E-state index is 13.4. The number of amides is 6. The first kappa shape index (κ1) is 84.1. The van der Waals surface area contributed by atoms with Gasteiger partial charge < -0.3 is 106 Å². The van der Waals surface area contributed by atoms with E-state index in [-0.39, 0.29) is 115 Å². The summed E-state index contributed by atoms with van der Waals surface area (Å²) < 4.78 is 90.2. The van der Waals surface area contributed by atoms with Crippen molar-refractivity contribution < 1.29 is 118 Å². The molecule has 33 heteroatoms. The van der Waals surface area contributed by atoms with Gasteiger partial charge in [0.15, 0.2) is 22.3 Å². The highest BCUT2D eigenvalue weighted by Crippen LogP contribution is 2.37. The van der Waals surface area contributed by atoms with Gasteiger partial charge >= 0.3 is 17.2 Å². The van der Waals surface area contributed by atoms with Crippen molar-refractivity contribution in [2.45, 2.75) is 96.1 Å². The molecule has 590 valence electrons. The van der Waals surface area contributed by atoms with Crippen molar-refractivity contribution in [2.24, 2.45) is 0 Å². The molecule has 3 aromatic carbocycles. The molecule has 4 aromatic heterocycles. The monoisotopic (exact) mass is 1510 g/mol. The summed E-state index contributed by atoms with van der Waals surface area (Å²) in [6, 6.07) is 18.1. The molecule has 5 heterocycles. The van der Waals surface area contributed by atoms with Gasteiger partial charge in [0.25, 0.3) is 17.7 Å². The van der Waals surface area contributed by atoms with Crippen LogP contribution < -0.4 is 56.8 Å². The van der Waals surface area contributed by atoms with Crippen LogP contribution in [0.1, 0.15) is 100 Å². The summed E-state index contributed by atoms with van der Waals surface area (Å²) in [4.78, 5) is 115. The molecule has 0 saturated carbocycles. The van der Waals surface area contributed by atoms with Crippen LogP contribution in [0.2, 0.25) is 0 Å². The van der Waals surface area contributed by atoms with E-state index in [0.717, 1.165) is 10.8 Å². The zero-order valence-corrected chi connectivity index (χ0v) is 60.7. The minimum absolute atomic E-state index is 0.00512. The van der Waals surface area contributed by atoms with Crippen LogP contribution in [-0.4, -0.2) is 223 Å². The Morgan fingerprint density at radius 2 is 0.833 bits per heavy atom. The number of ether oxygens (including phenoxy) is 12. The summed E-state index contributed by atoms with van der Waals surface area (Å²) in [6.07, 6.45) is 6.59. The van der Waals surface area contributed by atoms with E-state index < -0.39 is 41.2 Å². The molecule has 1 aliphatic rings. The van der Waals surface area contributed by atoms with Gasteiger partial charge in [-0.05, 0) is 93.5 Å². The molecule has 1 aliphatic heterocycles. The lowest BCUT2D eigenvalue weighted by Gasteiger charge is -2.14. The summed E-state index contributed by atoms with van der Waals surface area (Å²) in [5.41, 5.74) is 0.829. The Morgan fingerprint density at radius 3 is 1.35 bits per heavy atom. The molecular weight excluding hydrogens is 1420 g/mol. The Kier molecular flexibility index (Phi) is 37.9. The molecule has 6 amide bonds. The van der Waals surface area contributed by atoms with Gasteiger partial charge in [0.2, 0.25) is 29.2 Å². The second kappa shape index (κ2) is 48.7. The zero-order chi connectivity index (χ0) is 76.2. The highest BCUT2D eigenvalue weighted by molar-refractivity contribution is 6.02. The number of nitrogens with one attached hydrogen (secondary N) is 5. The van der Waals surface area contributed by atoms with E-state index in [1.165, 1.54) is 18.4 Å². The fraction of sp³-hybridized carbons (Fsp3) is 0.533. The lowest BCUT2D eigenvalue weighted by atomic mass is 10.1. The highest BCUT2D eigenvalue weighted by Gasteiger charge is 2.33. The Bertz CT molecular complexity index is 4030. The number of fused-ring (bicyclic) bond motifs is 4. The largest absolute Gasteiger partial charge is 0.493 e. The van der Waals surface area contributed by atoms with Crippen molar-refractivity contribution in [2.75, 3.05) is 165 Å². The first-order valence-corrected chi connectivity index (χ1v) is 36.5. The number of rotatable bonds is 59. The smallest absolute Gasteiger partial charge is 0.336 e. The minimum atomic E-state index is -0.765. The molecular formula is C75H98N6O27. The van der Waals surface area contributed by atoms with E-state index >= 15 is 0 Å². The summed E-state index contributed by atoms with van der Waals surface area (Å²) in [7, 11) is 0. The lowest BCUT2D eigenvalue weighted by Crippen LogP contribution is -2.32. The van der Waals surface area contributed by atoms with Crippen LogP contribution in [0.15, 0.2) is 107 Å². The molecule has 108 heavy (non-hydrogen) atoms. The number of carbonyl (C=O) groups excluding carboxylic acids is 7. The quantitative estimate of drug-likeness (QED) is 0.0115. The zero-order valence-electron chi connectivity index (χ0n) is 60.7. The Labute approximate surface area is 622 Å². The number of hydrogen-bond donors (Lipinski definition) is 6. The lowest BCUT2D eigenvalue weighted by molar-refractivity contribution is -0.197. The summed E-state index contributed by atoms with van der Waals surface area (Å²) in [6.45, 7) is 7.69. The number of nitrogens with zero attached hydrogens (tertiary/aromatic N) is 1. The number of hydroxylamine groups is 2. The molecule has 0 radical (unpaired) electrons. The molecule has 33 nitrogen and oxygen atoms in total. The van der Waals surface area contributed by atoms with E-state index in [0.29, 0.717) is 225 Å². The average Bonchev–Trinajstić information content (AvgIpc) is 1.44. The molecule has 0 bridgehead atoms. The molecule has 1 fully saturated rings. The third-order valence-electron chi connectivity index (χ3n) is 16.1.